The second kappa shape index (κ2) is 7.11. The molecule has 2 aromatic carbocycles. The predicted molar refractivity (Wildman–Crippen MR) is 81.9 cm³/mol. The van der Waals surface area contributed by atoms with Crippen LogP contribution in [0.15, 0.2) is 54.6 Å². The highest BCUT2D eigenvalue weighted by molar-refractivity contribution is 5.35. The molecule has 106 valence electrons. The SMILES string of the molecule is CCC(O)CCC(c1ccccc1)c1ccc(O)cc1. The van der Waals surface area contributed by atoms with Crippen molar-refractivity contribution >= 4 is 0 Å². The Labute approximate surface area is 120 Å². The molecule has 0 spiro atoms. The third-order valence-corrected chi connectivity index (χ3v) is 3.76. The van der Waals surface area contributed by atoms with Crippen molar-refractivity contribution in [2.45, 2.75) is 38.2 Å². The van der Waals surface area contributed by atoms with Crippen LogP contribution in [-0.2, 0) is 0 Å². The van der Waals surface area contributed by atoms with Crippen LogP contribution in [0.5, 0.6) is 5.75 Å². The summed E-state index contributed by atoms with van der Waals surface area (Å²) in [6.45, 7) is 2.00. The summed E-state index contributed by atoms with van der Waals surface area (Å²) >= 11 is 0. The third-order valence-electron chi connectivity index (χ3n) is 3.76. The van der Waals surface area contributed by atoms with Crippen molar-refractivity contribution in [3.8, 4) is 5.75 Å². The van der Waals surface area contributed by atoms with Gasteiger partial charge in [0.2, 0.25) is 0 Å². The van der Waals surface area contributed by atoms with E-state index in [1.54, 1.807) is 12.1 Å². The van der Waals surface area contributed by atoms with Crippen LogP contribution in [0, 0.1) is 0 Å². The highest BCUT2D eigenvalue weighted by Crippen LogP contribution is 2.30. The van der Waals surface area contributed by atoms with Gasteiger partial charge in [0.25, 0.3) is 0 Å². The van der Waals surface area contributed by atoms with E-state index in [1.807, 2.05) is 37.3 Å². The van der Waals surface area contributed by atoms with Crippen LogP contribution in [0.1, 0.15) is 43.2 Å². The maximum atomic E-state index is 9.80. The van der Waals surface area contributed by atoms with E-state index in [-0.39, 0.29) is 17.8 Å². The van der Waals surface area contributed by atoms with E-state index in [9.17, 15) is 10.2 Å². The number of rotatable bonds is 6. The third kappa shape index (κ3) is 3.84. The molecule has 2 nitrogen and oxygen atoms in total. The van der Waals surface area contributed by atoms with Crippen LogP contribution in [-0.4, -0.2) is 16.3 Å². The molecule has 0 saturated heterocycles. The van der Waals surface area contributed by atoms with E-state index in [2.05, 4.69) is 12.1 Å². The first-order valence-corrected chi connectivity index (χ1v) is 7.22. The molecule has 2 N–H and O–H groups in total. The molecular weight excluding hydrogens is 248 g/mol. The van der Waals surface area contributed by atoms with E-state index < -0.39 is 0 Å². The van der Waals surface area contributed by atoms with Crippen LogP contribution < -0.4 is 0 Å². The van der Waals surface area contributed by atoms with Crippen molar-refractivity contribution in [1.82, 2.24) is 0 Å². The molecule has 0 aliphatic carbocycles. The molecule has 0 fully saturated rings. The van der Waals surface area contributed by atoms with E-state index >= 15 is 0 Å². The lowest BCUT2D eigenvalue weighted by Crippen LogP contribution is -2.09. The van der Waals surface area contributed by atoms with Crippen LogP contribution >= 0.6 is 0 Å². The molecule has 0 aliphatic heterocycles. The first kappa shape index (κ1) is 14.6. The molecule has 0 aliphatic rings. The average molecular weight is 270 g/mol. The summed E-state index contributed by atoms with van der Waals surface area (Å²) in [6, 6.07) is 17.7. The number of aliphatic hydroxyl groups excluding tert-OH is 1. The minimum absolute atomic E-state index is 0.238. The Morgan fingerprint density at radius 1 is 0.850 bits per heavy atom. The highest BCUT2D eigenvalue weighted by Gasteiger charge is 2.15. The smallest absolute Gasteiger partial charge is 0.115 e. The Balaban J connectivity index is 2.22. The monoisotopic (exact) mass is 270 g/mol. The number of hydrogen-bond acceptors (Lipinski definition) is 2. The van der Waals surface area contributed by atoms with Crippen molar-refractivity contribution in [2.75, 3.05) is 0 Å². The zero-order valence-electron chi connectivity index (χ0n) is 11.9. The zero-order chi connectivity index (χ0) is 14.4. The van der Waals surface area contributed by atoms with Crippen molar-refractivity contribution in [2.24, 2.45) is 0 Å². The maximum Gasteiger partial charge on any atom is 0.115 e. The standard InChI is InChI=1S/C18H22O2/c1-2-16(19)12-13-18(14-6-4-3-5-7-14)15-8-10-17(20)11-9-15/h3-11,16,18-20H,2,12-13H2,1H3. The fourth-order valence-corrected chi connectivity index (χ4v) is 2.48. The summed E-state index contributed by atoms with van der Waals surface area (Å²) in [5.41, 5.74) is 2.43. The molecule has 2 unspecified atom stereocenters. The molecule has 0 amide bonds. The Hall–Kier alpha value is -1.80. The largest absolute Gasteiger partial charge is 0.508 e. The Morgan fingerprint density at radius 3 is 2.05 bits per heavy atom. The van der Waals surface area contributed by atoms with Crippen LogP contribution in [0.4, 0.5) is 0 Å². The Bertz CT molecular complexity index is 505. The molecular formula is C18H22O2. The molecule has 0 radical (unpaired) electrons. The van der Waals surface area contributed by atoms with E-state index in [0.717, 1.165) is 19.3 Å². The summed E-state index contributed by atoms with van der Waals surface area (Å²) < 4.78 is 0. The molecule has 0 aromatic heterocycles. The maximum absolute atomic E-state index is 9.80. The number of aromatic hydroxyl groups is 1. The predicted octanol–water partition coefficient (Wildman–Crippen LogP) is 4.08. The van der Waals surface area contributed by atoms with Crippen molar-refractivity contribution in [1.29, 1.82) is 0 Å². The number of phenols is 1. The van der Waals surface area contributed by atoms with Gasteiger partial charge in [-0.1, -0.05) is 49.4 Å². The molecule has 20 heavy (non-hydrogen) atoms. The summed E-state index contributed by atoms with van der Waals surface area (Å²) in [4.78, 5) is 0. The molecule has 2 rings (SSSR count). The first-order valence-electron chi connectivity index (χ1n) is 7.22. The lowest BCUT2D eigenvalue weighted by molar-refractivity contribution is 0.156. The van der Waals surface area contributed by atoms with Gasteiger partial charge in [-0.2, -0.15) is 0 Å². The van der Waals surface area contributed by atoms with Gasteiger partial charge in [-0.15, -0.1) is 0 Å². The minimum Gasteiger partial charge on any atom is -0.508 e. The number of hydrogen-bond donors (Lipinski definition) is 2. The lowest BCUT2D eigenvalue weighted by Gasteiger charge is -2.19. The van der Waals surface area contributed by atoms with E-state index in [4.69, 9.17) is 0 Å². The van der Waals surface area contributed by atoms with Gasteiger partial charge in [0.1, 0.15) is 5.75 Å². The van der Waals surface area contributed by atoms with Crippen LogP contribution in [0.2, 0.25) is 0 Å². The first-order chi connectivity index (χ1) is 9.70. The van der Waals surface area contributed by atoms with Gasteiger partial charge in [0.15, 0.2) is 0 Å². The van der Waals surface area contributed by atoms with E-state index in [0.29, 0.717) is 0 Å². The van der Waals surface area contributed by atoms with Gasteiger partial charge in [-0.3, -0.25) is 0 Å². The van der Waals surface area contributed by atoms with Crippen molar-refractivity contribution < 1.29 is 10.2 Å². The molecule has 0 saturated carbocycles. The Kier molecular flexibility index (Phi) is 5.19. The summed E-state index contributed by atoms with van der Waals surface area (Å²) in [6.07, 6.45) is 2.25. The zero-order valence-corrected chi connectivity index (χ0v) is 11.9. The van der Waals surface area contributed by atoms with Gasteiger partial charge < -0.3 is 10.2 Å². The second-order valence-electron chi connectivity index (χ2n) is 5.19. The van der Waals surface area contributed by atoms with Crippen LogP contribution in [0.25, 0.3) is 0 Å². The van der Waals surface area contributed by atoms with Crippen LogP contribution in [0.3, 0.4) is 0 Å². The topological polar surface area (TPSA) is 40.5 Å². The molecule has 0 heterocycles. The number of aliphatic hydroxyl groups is 1. The van der Waals surface area contributed by atoms with Gasteiger partial charge in [0, 0.05) is 5.92 Å². The molecule has 0 bridgehead atoms. The fourth-order valence-electron chi connectivity index (χ4n) is 2.48. The quantitative estimate of drug-likeness (QED) is 0.830. The summed E-state index contributed by atoms with van der Waals surface area (Å²) in [5, 5.41) is 19.2. The fraction of sp³-hybridized carbons (Fsp3) is 0.333. The van der Waals surface area contributed by atoms with Crippen molar-refractivity contribution in [3.63, 3.8) is 0 Å². The number of phenolic OH excluding ortho intramolecular Hbond substituents is 1. The Morgan fingerprint density at radius 2 is 1.45 bits per heavy atom. The van der Waals surface area contributed by atoms with Gasteiger partial charge in [0.05, 0.1) is 6.10 Å². The van der Waals surface area contributed by atoms with Crippen molar-refractivity contribution in [3.05, 3.63) is 65.7 Å². The minimum atomic E-state index is -0.238. The number of benzene rings is 2. The average Bonchev–Trinajstić information content (AvgIpc) is 2.50. The van der Waals surface area contributed by atoms with E-state index in [1.165, 1.54) is 11.1 Å². The molecule has 2 atom stereocenters. The summed E-state index contributed by atoms with van der Waals surface area (Å²) in [5.74, 6) is 0.548. The normalized spacial score (nSPS) is 13.9. The molecule has 2 heteroatoms. The van der Waals surface area contributed by atoms with Gasteiger partial charge in [-0.25, -0.2) is 0 Å². The molecule has 2 aromatic rings. The van der Waals surface area contributed by atoms with Gasteiger partial charge >= 0.3 is 0 Å². The summed E-state index contributed by atoms with van der Waals surface area (Å²) in [7, 11) is 0. The lowest BCUT2D eigenvalue weighted by atomic mass is 9.86. The van der Waals surface area contributed by atoms with Gasteiger partial charge in [-0.05, 0) is 42.5 Å². The highest BCUT2D eigenvalue weighted by atomic mass is 16.3. The second-order valence-corrected chi connectivity index (χ2v) is 5.19.